The molecule has 2 rings (SSSR count). The maximum absolute atomic E-state index is 5.67. The summed E-state index contributed by atoms with van der Waals surface area (Å²) in [5.41, 5.74) is 1.44. The Morgan fingerprint density at radius 2 is 1.88 bits per heavy atom. The fourth-order valence-corrected chi connectivity index (χ4v) is 2.77. The molecule has 0 bridgehead atoms. The molecular weight excluding hydrogens is 210 g/mol. The summed E-state index contributed by atoms with van der Waals surface area (Å²) in [7, 11) is 2.07. The molecule has 94 valence electrons. The van der Waals surface area contributed by atoms with Crippen molar-refractivity contribution in [2.45, 2.75) is 51.2 Å². The molecule has 0 radical (unpaired) electrons. The van der Waals surface area contributed by atoms with Gasteiger partial charge in [-0.05, 0) is 57.4 Å². The van der Waals surface area contributed by atoms with Gasteiger partial charge in [0.1, 0.15) is 5.75 Å². The number of nitrogens with one attached hydrogen (secondary N) is 1. The van der Waals surface area contributed by atoms with Crippen molar-refractivity contribution in [2.75, 3.05) is 7.05 Å². The predicted molar refractivity (Wildman–Crippen MR) is 71.6 cm³/mol. The van der Waals surface area contributed by atoms with Crippen LogP contribution in [0.4, 0.5) is 0 Å². The van der Waals surface area contributed by atoms with E-state index in [0.717, 1.165) is 5.75 Å². The lowest BCUT2D eigenvalue weighted by molar-refractivity contribution is 0.242. The maximum atomic E-state index is 5.67. The van der Waals surface area contributed by atoms with Crippen molar-refractivity contribution < 1.29 is 4.74 Å². The summed E-state index contributed by atoms with van der Waals surface area (Å²) in [5, 5.41) is 3.43. The van der Waals surface area contributed by atoms with Gasteiger partial charge in [-0.15, -0.1) is 0 Å². The van der Waals surface area contributed by atoms with Crippen LogP contribution in [-0.4, -0.2) is 19.2 Å². The molecule has 2 heteroatoms. The second-order valence-electron chi connectivity index (χ2n) is 5.17. The van der Waals surface area contributed by atoms with Gasteiger partial charge in [0.2, 0.25) is 0 Å². The topological polar surface area (TPSA) is 21.3 Å². The highest BCUT2D eigenvalue weighted by atomic mass is 16.5. The number of benzene rings is 1. The molecule has 0 heterocycles. The average molecular weight is 233 g/mol. The lowest BCUT2D eigenvalue weighted by Crippen LogP contribution is -2.27. The van der Waals surface area contributed by atoms with Crippen LogP contribution < -0.4 is 10.1 Å². The zero-order chi connectivity index (χ0) is 12.3. The van der Waals surface area contributed by atoms with E-state index >= 15 is 0 Å². The lowest BCUT2D eigenvalue weighted by Gasteiger charge is -2.19. The largest absolute Gasteiger partial charge is 0.491 e. The first-order valence-electron chi connectivity index (χ1n) is 6.64. The SMILES string of the molecule is CNC1CCCC1c1ccc(OC(C)C)cc1. The van der Waals surface area contributed by atoms with Gasteiger partial charge in [0.05, 0.1) is 6.10 Å². The minimum atomic E-state index is 0.248. The van der Waals surface area contributed by atoms with Crippen LogP contribution >= 0.6 is 0 Å². The Morgan fingerprint density at radius 3 is 2.47 bits per heavy atom. The quantitative estimate of drug-likeness (QED) is 0.861. The van der Waals surface area contributed by atoms with Crippen molar-refractivity contribution in [3.8, 4) is 5.75 Å². The summed E-state index contributed by atoms with van der Waals surface area (Å²) in [6.45, 7) is 4.11. The third-order valence-electron chi connectivity index (χ3n) is 3.57. The van der Waals surface area contributed by atoms with Crippen molar-refractivity contribution in [1.82, 2.24) is 5.32 Å². The van der Waals surface area contributed by atoms with Crippen LogP contribution in [0, 0.1) is 0 Å². The Bertz CT molecular complexity index is 344. The molecule has 1 aromatic carbocycles. The fourth-order valence-electron chi connectivity index (χ4n) is 2.77. The van der Waals surface area contributed by atoms with E-state index < -0.39 is 0 Å². The molecule has 2 nitrogen and oxygen atoms in total. The highest BCUT2D eigenvalue weighted by Gasteiger charge is 2.26. The van der Waals surface area contributed by atoms with Gasteiger partial charge < -0.3 is 10.1 Å². The second kappa shape index (κ2) is 5.54. The molecule has 0 aromatic heterocycles. The first-order chi connectivity index (χ1) is 8.20. The van der Waals surface area contributed by atoms with Crippen molar-refractivity contribution in [3.63, 3.8) is 0 Å². The number of rotatable bonds is 4. The Hall–Kier alpha value is -1.02. The van der Waals surface area contributed by atoms with Crippen LogP contribution in [0.25, 0.3) is 0 Å². The van der Waals surface area contributed by atoms with Crippen molar-refractivity contribution >= 4 is 0 Å². The highest BCUT2D eigenvalue weighted by molar-refractivity contribution is 5.31. The average Bonchev–Trinajstić information content (AvgIpc) is 2.77. The summed E-state index contributed by atoms with van der Waals surface area (Å²) in [6.07, 6.45) is 4.18. The molecule has 0 saturated heterocycles. The van der Waals surface area contributed by atoms with E-state index in [1.165, 1.54) is 24.8 Å². The van der Waals surface area contributed by atoms with Gasteiger partial charge in [-0.2, -0.15) is 0 Å². The molecule has 1 saturated carbocycles. The number of likely N-dealkylation sites (N-methyl/N-ethyl adjacent to an activating group) is 1. The molecule has 1 fully saturated rings. The van der Waals surface area contributed by atoms with Gasteiger partial charge in [0, 0.05) is 6.04 Å². The van der Waals surface area contributed by atoms with E-state index in [9.17, 15) is 0 Å². The van der Waals surface area contributed by atoms with Gasteiger partial charge in [-0.3, -0.25) is 0 Å². The highest BCUT2D eigenvalue weighted by Crippen LogP contribution is 2.35. The van der Waals surface area contributed by atoms with E-state index in [2.05, 4.69) is 50.5 Å². The Labute approximate surface area is 104 Å². The Kier molecular flexibility index (Phi) is 4.06. The van der Waals surface area contributed by atoms with Gasteiger partial charge in [-0.1, -0.05) is 18.6 Å². The summed E-state index contributed by atoms with van der Waals surface area (Å²) < 4.78 is 5.67. The molecule has 0 spiro atoms. The second-order valence-corrected chi connectivity index (χ2v) is 5.17. The molecule has 1 N–H and O–H groups in total. The number of ether oxygens (including phenoxy) is 1. The van der Waals surface area contributed by atoms with Gasteiger partial charge >= 0.3 is 0 Å². The molecule has 2 unspecified atom stereocenters. The third kappa shape index (κ3) is 3.01. The van der Waals surface area contributed by atoms with Gasteiger partial charge in [0.15, 0.2) is 0 Å². The summed E-state index contributed by atoms with van der Waals surface area (Å²) in [6, 6.07) is 9.28. The molecule has 1 aliphatic carbocycles. The summed E-state index contributed by atoms with van der Waals surface area (Å²) >= 11 is 0. The van der Waals surface area contributed by atoms with Crippen molar-refractivity contribution in [1.29, 1.82) is 0 Å². The monoisotopic (exact) mass is 233 g/mol. The lowest BCUT2D eigenvalue weighted by atomic mass is 9.94. The van der Waals surface area contributed by atoms with Crippen molar-refractivity contribution in [3.05, 3.63) is 29.8 Å². The standard InChI is InChI=1S/C15H23NO/c1-11(2)17-13-9-7-12(8-10-13)14-5-4-6-15(14)16-3/h7-11,14-16H,4-6H2,1-3H3. The maximum Gasteiger partial charge on any atom is 0.119 e. The first-order valence-corrected chi connectivity index (χ1v) is 6.64. The van der Waals surface area contributed by atoms with E-state index in [4.69, 9.17) is 4.74 Å². The summed E-state index contributed by atoms with van der Waals surface area (Å²) in [4.78, 5) is 0. The van der Waals surface area contributed by atoms with E-state index in [-0.39, 0.29) is 6.10 Å². The predicted octanol–water partition coefficient (Wildman–Crippen LogP) is 3.33. The number of hydrogen-bond acceptors (Lipinski definition) is 2. The molecule has 0 amide bonds. The molecule has 1 aromatic rings. The van der Waals surface area contributed by atoms with Crippen LogP contribution in [0.15, 0.2) is 24.3 Å². The van der Waals surface area contributed by atoms with Gasteiger partial charge in [0.25, 0.3) is 0 Å². The Morgan fingerprint density at radius 1 is 1.18 bits per heavy atom. The van der Waals surface area contributed by atoms with Crippen LogP contribution in [0.2, 0.25) is 0 Å². The van der Waals surface area contributed by atoms with E-state index in [1.54, 1.807) is 0 Å². The van der Waals surface area contributed by atoms with E-state index in [0.29, 0.717) is 12.0 Å². The number of hydrogen-bond donors (Lipinski definition) is 1. The zero-order valence-corrected chi connectivity index (χ0v) is 11.1. The van der Waals surface area contributed by atoms with Crippen LogP contribution in [0.3, 0.4) is 0 Å². The minimum absolute atomic E-state index is 0.248. The van der Waals surface area contributed by atoms with E-state index in [1.807, 2.05) is 0 Å². The first kappa shape index (κ1) is 12.4. The molecular formula is C15H23NO. The normalized spacial score (nSPS) is 24.2. The molecule has 2 atom stereocenters. The molecule has 1 aliphatic rings. The fraction of sp³-hybridized carbons (Fsp3) is 0.600. The minimum Gasteiger partial charge on any atom is -0.491 e. The molecule has 17 heavy (non-hydrogen) atoms. The van der Waals surface area contributed by atoms with Crippen LogP contribution in [0.1, 0.15) is 44.6 Å². The van der Waals surface area contributed by atoms with Gasteiger partial charge in [-0.25, -0.2) is 0 Å². The third-order valence-corrected chi connectivity index (χ3v) is 3.57. The van der Waals surface area contributed by atoms with Crippen LogP contribution in [-0.2, 0) is 0 Å². The van der Waals surface area contributed by atoms with Crippen LogP contribution in [0.5, 0.6) is 5.75 Å². The molecule has 0 aliphatic heterocycles. The smallest absolute Gasteiger partial charge is 0.119 e. The van der Waals surface area contributed by atoms with Crippen molar-refractivity contribution in [2.24, 2.45) is 0 Å². The Balaban J connectivity index is 2.07. The zero-order valence-electron chi connectivity index (χ0n) is 11.1. The summed E-state index contributed by atoms with van der Waals surface area (Å²) in [5.74, 6) is 1.65.